The van der Waals surface area contributed by atoms with E-state index in [9.17, 15) is 18.0 Å². The van der Waals surface area contributed by atoms with Crippen LogP contribution in [0.1, 0.15) is 17.3 Å². The van der Waals surface area contributed by atoms with Gasteiger partial charge in [0, 0.05) is 38.3 Å². The van der Waals surface area contributed by atoms with E-state index in [2.05, 4.69) is 15.3 Å². The number of imidazole rings is 1. The van der Waals surface area contributed by atoms with Crippen LogP contribution in [0.4, 0.5) is 18.9 Å². The van der Waals surface area contributed by atoms with Crippen LogP contribution in [0, 0.1) is 6.92 Å². The summed E-state index contributed by atoms with van der Waals surface area (Å²) in [6.45, 7) is 1.96. The number of hydrogen-bond acceptors (Lipinski definition) is 6. The number of thiazole rings is 1. The van der Waals surface area contributed by atoms with E-state index in [0.717, 1.165) is 21.0 Å². The topological polar surface area (TPSA) is 106 Å². The normalized spacial score (nSPS) is 11.0. The first-order valence-corrected chi connectivity index (χ1v) is 9.34. The third-order valence-electron chi connectivity index (χ3n) is 3.83. The number of ether oxygens (including phenoxy) is 1. The number of carbonyl (C=O) groups excluding carboxylic acids is 1. The predicted molar refractivity (Wildman–Crippen MR) is 105 cm³/mol. The van der Waals surface area contributed by atoms with Crippen molar-refractivity contribution in [2.75, 3.05) is 12.4 Å². The van der Waals surface area contributed by atoms with Crippen molar-refractivity contribution >= 4 is 39.1 Å². The summed E-state index contributed by atoms with van der Waals surface area (Å²) in [4.78, 5) is 29.8. The maximum absolute atomic E-state index is 12.2. The van der Waals surface area contributed by atoms with Crippen molar-refractivity contribution in [3.63, 3.8) is 0 Å². The van der Waals surface area contributed by atoms with Crippen LogP contribution in [0.5, 0.6) is 5.75 Å². The zero-order chi connectivity index (χ0) is 22.5. The Morgan fingerprint density at radius 1 is 1.33 bits per heavy atom. The molecule has 0 aliphatic carbocycles. The lowest BCUT2D eigenvalue weighted by molar-refractivity contribution is -0.192. The average Bonchev–Trinajstić information content (AvgIpc) is 3.22. The number of hydrogen-bond donors (Lipinski definition) is 2. The van der Waals surface area contributed by atoms with Crippen molar-refractivity contribution in [2.24, 2.45) is 7.05 Å². The smallest absolute Gasteiger partial charge is 0.490 e. The molecule has 0 spiro atoms. The summed E-state index contributed by atoms with van der Waals surface area (Å²) in [6, 6.07) is 3.77. The first-order valence-electron chi connectivity index (χ1n) is 8.52. The Labute approximate surface area is 173 Å². The van der Waals surface area contributed by atoms with Gasteiger partial charge in [-0.05, 0) is 13.0 Å². The number of carbonyl (C=O) groups is 2. The van der Waals surface area contributed by atoms with E-state index in [0.29, 0.717) is 24.3 Å². The minimum Gasteiger partial charge on any atom is -0.494 e. The monoisotopic (exact) mass is 444 g/mol. The molecule has 3 aromatic rings. The van der Waals surface area contributed by atoms with Crippen molar-refractivity contribution in [1.82, 2.24) is 14.5 Å². The second-order valence-electron chi connectivity index (χ2n) is 6.06. The molecule has 2 heterocycles. The van der Waals surface area contributed by atoms with E-state index in [1.165, 1.54) is 0 Å². The summed E-state index contributed by atoms with van der Waals surface area (Å²) < 4.78 is 40.0. The van der Waals surface area contributed by atoms with E-state index in [1.54, 1.807) is 24.6 Å². The Morgan fingerprint density at radius 2 is 2.00 bits per heavy atom. The molecule has 0 atom stereocenters. The van der Waals surface area contributed by atoms with Gasteiger partial charge in [0.2, 0.25) is 5.91 Å². The molecule has 0 aliphatic rings. The Balaban J connectivity index is 0.000000396. The zero-order valence-electron chi connectivity index (χ0n) is 16.3. The number of nitrogens with one attached hydrogen (secondary N) is 1. The number of aryl methyl sites for hydroxylation is 3. The van der Waals surface area contributed by atoms with Gasteiger partial charge < -0.3 is 19.7 Å². The molecule has 162 valence electrons. The number of nitrogens with zero attached hydrogens (tertiary/aromatic N) is 3. The fourth-order valence-electron chi connectivity index (χ4n) is 2.41. The Hall–Kier alpha value is -3.15. The highest BCUT2D eigenvalue weighted by Crippen LogP contribution is 2.33. The van der Waals surface area contributed by atoms with Gasteiger partial charge in [0.25, 0.3) is 0 Å². The molecule has 0 aliphatic heterocycles. The first-order chi connectivity index (χ1) is 14.0. The van der Waals surface area contributed by atoms with Gasteiger partial charge in [-0.1, -0.05) is 0 Å². The van der Waals surface area contributed by atoms with Gasteiger partial charge in [0.05, 0.1) is 28.0 Å². The summed E-state index contributed by atoms with van der Waals surface area (Å²) in [5, 5.41) is 11.0. The number of aromatic nitrogens is 3. The number of benzene rings is 1. The van der Waals surface area contributed by atoms with E-state index in [4.69, 9.17) is 14.6 Å². The fourth-order valence-corrected chi connectivity index (χ4v) is 3.26. The predicted octanol–water partition coefficient (Wildman–Crippen LogP) is 3.55. The third-order valence-corrected chi connectivity index (χ3v) is 4.76. The molecule has 30 heavy (non-hydrogen) atoms. The van der Waals surface area contributed by atoms with Gasteiger partial charge in [-0.25, -0.2) is 14.8 Å². The minimum atomic E-state index is -5.08. The molecular formula is C18H19F3N4O4S. The molecule has 0 fully saturated rings. The van der Waals surface area contributed by atoms with Crippen LogP contribution in [0.15, 0.2) is 24.5 Å². The van der Waals surface area contributed by atoms with E-state index in [1.807, 2.05) is 36.9 Å². The molecule has 0 saturated carbocycles. The number of alkyl halides is 3. The zero-order valence-corrected chi connectivity index (χ0v) is 17.1. The molecule has 0 saturated heterocycles. The van der Waals surface area contributed by atoms with Crippen molar-refractivity contribution in [2.45, 2.75) is 25.9 Å². The number of carboxylic acid groups (broad SMARTS) is 1. The Kier molecular flexibility index (Phi) is 7.38. The molecule has 0 bridgehead atoms. The van der Waals surface area contributed by atoms with Crippen molar-refractivity contribution in [1.29, 1.82) is 0 Å². The Bertz CT molecular complexity index is 1050. The van der Waals surface area contributed by atoms with E-state index < -0.39 is 12.1 Å². The van der Waals surface area contributed by atoms with Crippen LogP contribution in [-0.4, -0.2) is 44.8 Å². The van der Waals surface area contributed by atoms with Crippen LogP contribution in [0.3, 0.4) is 0 Å². The third kappa shape index (κ3) is 6.17. The summed E-state index contributed by atoms with van der Waals surface area (Å²) in [5.41, 5.74) is 1.56. The SMILES string of the molecule is COc1cc2nc(C)sc2cc1NC(=O)CCc1nccn1C.O=C(O)C(F)(F)F. The van der Waals surface area contributed by atoms with Gasteiger partial charge in [-0.15, -0.1) is 11.3 Å². The van der Waals surface area contributed by atoms with Crippen molar-refractivity contribution in [3.05, 3.63) is 35.4 Å². The molecule has 1 amide bonds. The summed E-state index contributed by atoms with van der Waals surface area (Å²) in [6.07, 6.45) is -0.514. The standard InChI is InChI=1S/C16H18N4O2S.C2HF3O2/c1-10-18-12-8-13(22-3)11(9-14(12)23-10)19-16(21)5-4-15-17-6-7-20(15)2;3-2(4,5)1(6)7/h6-9H,4-5H2,1-3H3,(H,19,21);(H,6,7). The molecular weight excluding hydrogens is 425 g/mol. The quantitative estimate of drug-likeness (QED) is 0.623. The lowest BCUT2D eigenvalue weighted by Crippen LogP contribution is -2.21. The number of halogens is 3. The number of anilines is 1. The first kappa shape index (κ1) is 23.1. The summed E-state index contributed by atoms with van der Waals surface area (Å²) in [7, 11) is 3.51. The van der Waals surface area contributed by atoms with Gasteiger partial charge in [-0.2, -0.15) is 13.2 Å². The number of methoxy groups -OCH3 is 1. The molecule has 2 N–H and O–H groups in total. The molecule has 0 radical (unpaired) electrons. The van der Waals surface area contributed by atoms with Crippen molar-refractivity contribution < 1.29 is 32.6 Å². The molecule has 1 aromatic carbocycles. The second kappa shape index (κ2) is 9.57. The van der Waals surface area contributed by atoms with Gasteiger partial charge in [0.1, 0.15) is 11.6 Å². The largest absolute Gasteiger partial charge is 0.494 e. The van der Waals surface area contributed by atoms with Gasteiger partial charge >= 0.3 is 12.1 Å². The van der Waals surface area contributed by atoms with Crippen LogP contribution < -0.4 is 10.1 Å². The maximum Gasteiger partial charge on any atom is 0.490 e. The van der Waals surface area contributed by atoms with E-state index in [-0.39, 0.29) is 5.91 Å². The fraction of sp³-hybridized carbons (Fsp3) is 0.333. The highest BCUT2D eigenvalue weighted by atomic mass is 32.1. The Morgan fingerprint density at radius 3 is 2.53 bits per heavy atom. The lowest BCUT2D eigenvalue weighted by atomic mass is 10.2. The molecule has 2 aromatic heterocycles. The van der Waals surface area contributed by atoms with Crippen LogP contribution in [0.2, 0.25) is 0 Å². The minimum absolute atomic E-state index is 0.0631. The van der Waals surface area contributed by atoms with Gasteiger partial charge in [-0.3, -0.25) is 4.79 Å². The maximum atomic E-state index is 12.2. The summed E-state index contributed by atoms with van der Waals surface area (Å²) >= 11 is 1.59. The number of fused-ring (bicyclic) bond motifs is 1. The molecule has 3 rings (SSSR count). The molecule has 8 nitrogen and oxygen atoms in total. The number of rotatable bonds is 5. The van der Waals surface area contributed by atoms with E-state index >= 15 is 0 Å². The van der Waals surface area contributed by atoms with Crippen LogP contribution in [0.25, 0.3) is 10.2 Å². The number of aliphatic carboxylic acids is 1. The number of amides is 1. The number of carboxylic acids is 1. The molecule has 12 heteroatoms. The van der Waals surface area contributed by atoms with Gasteiger partial charge in [0.15, 0.2) is 0 Å². The highest BCUT2D eigenvalue weighted by Gasteiger charge is 2.38. The lowest BCUT2D eigenvalue weighted by Gasteiger charge is -2.10. The van der Waals surface area contributed by atoms with Crippen molar-refractivity contribution in [3.8, 4) is 5.75 Å². The van der Waals surface area contributed by atoms with Crippen LogP contribution in [-0.2, 0) is 23.1 Å². The summed E-state index contributed by atoms with van der Waals surface area (Å²) in [5.74, 6) is -1.31. The van der Waals surface area contributed by atoms with Crippen LogP contribution >= 0.6 is 11.3 Å². The average molecular weight is 444 g/mol. The highest BCUT2D eigenvalue weighted by molar-refractivity contribution is 7.18. The molecule has 0 unspecified atom stereocenters. The second-order valence-corrected chi connectivity index (χ2v) is 7.29.